The van der Waals surface area contributed by atoms with Crippen molar-refractivity contribution in [1.29, 1.82) is 0 Å². The molecule has 0 N–H and O–H groups in total. The lowest BCUT2D eigenvalue weighted by atomic mass is 10.2. The predicted octanol–water partition coefficient (Wildman–Crippen LogP) is 1.45. The van der Waals surface area contributed by atoms with Gasteiger partial charge in [-0.05, 0) is 19.5 Å². The molecule has 0 bridgehead atoms. The number of carbonyl (C=O) groups excluding carboxylic acids is 2. The van der Waals surface area contributed by atoms with Crippen LogP contribution in [0.5, 0.6) is 0 Å². The smallest absolute Gasteiger partial charge is 0.341 e. The molecule has 0 saturated carbocycles. The lowest BCUT2D eigenvalue weighted by molar-refractivity contribution is -0.144. The molecular formula is C13H19NO5. The van der Waals surface area contributed by atoms with E-state index in [0.29, 0.717) is 31.0 Å². The normalized spacial score (nSPS) is 10.5. The number of rotatable bonds is 7. The molecule has 1 heterocycles. The lowest BCUT2D eigenvalue weighted by Gasteiger charge is -2.18. The number of likely N-dealkylation sites (N-methyl/N-ethyl adjacent to an activating group) is 1. The summed E-state index contributed by atoms with van der Waals surface area (Å²) in [6.45, 7) is 5.18. The van der Waals surface area contributed by atoms with Crippen LogP contribution in [0.25, 0.3) is 0 Å². The quantitative estimate of drug-likeness (QED) is 0.698. The van der Waals surface area contributed by atoms with Crippen molar-refractivity contribution in [3.63, 3.8) is 0 Å². The Bertz CT molecular complexity index is 426. The van der Waals surface area contributed by atoms with E-state index in [1.54, 1.807) is 13.0 Å². The van der Waals surface area contributed by atoms with Gasteiger partial charge in [-0.2, -0.15) is 0 Å². The second-order valence-electron chi connectivity index (χ2n) is 3.86. The van der Waals surface area contributed by atoms with Gasteiger partial charge in [0.2, 0.25) is 0 Å². The van der Waals surface area contributed by atoms with Crippen molar-refractivity contribution in [3.05, 3.63) is 23.7 Å². The highest BCUT2D eigenvalue weighted by atomic mass is 16.5. The van der Waals surface area contributed by atoms with E-state index in [1.165, 1.54) is 13.4 Å². The predicted molar refractivity (Wildman–Crippen MR) is 67.6 cm³/mol. The second kappa shape index (κ2) is 7.58. The van der Waals surface area contributed by atoms with Gasteiger partial charge in [-0.15, -0.1) is 0 Å². The Morgan fingerprint density at radius 3 is 2.68 bits per heavy atom. The van der Waals surface area contributed by atoms with Crippen LogP contribution in [0, 0.1) is 0 Å². The number of esters is 2. The highest BCUT2D eigenvalue weighted by molar-refractivity contribution is 5.90. The maximum absolute atomic E-state index is 11.5. The highest BCUT2D eigenvalue weighted by Crippen LogP contribution is 2.14. The van der Waals surface area contributed by atoms with Crippen LogP contribution in [0.15, 0.2) is 16.7 Å². The number of hydrogen-bond donors (Lipinski definition) is 0. The minimum absolute atomic E-state index is 0.158. The van der Waals surface area contributed by atoms with Crippen LogP contribution in [-0.4, -0.2) is 43.6 Å². The first kappa shape index (κ1) is 15.2. The van der Waals surface area contributed by atoms with Crippen LogP contribution in [-0.2, 0) is 20.8 Å². The SMILES string of the molecule is CCOC(=O)CN(CC)Cc1occc1C(=O)OC. The molecule has 6 heteroatoms. The minimum atomic E-state index is -0.448. The molecule has 0 fully saturated rings. The molecule has 0 unspecified atom stereocenters. The Labute approximate surface area is 112 Å². The molecule has 0 atom stereocenters. The van der Waals surface area contributed by atoms with Crippen molar-refractivity contribution in [1.82, 2.24) is 4.90 Å². The molecule has 0 spiro atoms. The Morgan fingerprint density at radius 1 is 1.37 bits per heavy atom. The Morgan fingerprint density at radius 2 is 2.11 bits per heavy atom. The Kier molecular flexibility index (Phi) is 6.08. The molecule has 0 radical (unpaired) electrons. The molecule has 1 rings (SSSR count). The maximum Gasteiger partial charge on any atom is 0.341 e. The molecule has 0 aliphatic carbocycles. The van der Waals surface area contributed by atoms with Gasteiger partial charge in [-0.25, -0.2) is 4.79 Å². The van der Waals surface area contributed by atoms with E-state index in [-0.39, 0.29) is 12.5 Å². The van der Waals surface area contributed by atoms with Gasteiger partial charge in [0.15, 0.2) is 0 Å². The van der Waals surface area contributed by atoms with E-state index in [4.69, 9.17) is 9.15 Å². The van der Waals surface area contributed by atoms with Crippen LogP contribution < -0.4 is 0 Å². The summed E-state index contributed by atoms with van der Waals surface area (Å²) in [5.74, 6) is -0.260. The van der Waals surface area contributed by atoms with E-state index in [9.17, 15) is 9.59 Å². The third-order valence-corrected chi connectivity index (χ3v) is 2.62. The Balaban J connectivity index is 2.68. The number of ether oxygens (including phenoxy) is 2. The number of nitrogens with zero attached hydrogens (tertiary/aromatic N) is 1. The van der Waals surface area contributed by atoms with E-state index in [2.05, 4.69) is 4.74 Å². The largest absolute Gasteiger partial charge is 0.467 e. The summed E-state index contributed by atoms with van der Waals surface area (Å²) in [5.41, 5.74) is 0.379. The molecule has 0 aromatic carbocycles. The van der Waals surface area contributed by atoms with Gasteiger partial charge in [-0.1, -0.05) is 6.92 Å². The summed E-state index contributed by atoms with van der Waals surface area (Å²) in [5, 5.41) is 0. The van der Waals surface area contributed by atoms with Crippen molar-refractivity contribution in [3.8, 4) is 0 Å². The summed E-state index contributed by atoms with van der Waals surface area (Å²) >= 11 is 0. The van der Waals surface area contributed by atoms with Crippen LogP contribution in [0.2, 0.25) is 0 Å². The van der Waals surface area contributed by atoms with Crippen LogP contribution >= 0.6 is 0 Å². The van der Waals surface area contributed by atoms with Crippen molar-refractivity contribution < 1.29 is 23.5 Å². The average molecular weight is 269 g/mol. The lowest BCUT2D eigenvalue weighted by Crippen LogP contribution is -2.30. The fourth-order valence-electron chi connectivity index (χ4n) is 1.63. The van der Waals surface area contributed by atoms with Gasteiger partial charge in [0, 0.05) is 0 Å². The Hall–Kier alpha value is -1.82. The van der Waals surface area contributed by atoms with Crippen molar-refractivity contribution in [2.24, 2.45) is 0 Å². The summed E-state index contributed by atoms with van der Waals surface area (Å²) in [4.78, 5) is 24.7. The number of hydrogen-bond acceptors (Lipinski definition) is 6. The first-order valence-electron chi connectivity index (χ1n) is 6.15. The number of methoxy groups -OCH3 is 1. The zero-order valence-electron chi connectivity index (χ0n) is 11.5. The molecule has 1 aromatic rings. The molecule has 0 amide bonds. The zero-order chi connectivity index (χ0) is 14.3. The molecule has 0 saturated heterocycles. The fraction of sp³-hybridized carbons (Fsp3) is 0.538. The average Bonchev–Trinajstić information content (AvgIpc) is 2.85. The standard InChI is InChI=1S/C13H19NO5/c1-4-14(9-12(15)18-5-2)8-11-10(6-7-19-11)13(16)17-3/h6-7H,4-5,8-9H2,1-3H3. The molecule has 19 heavy (non-hydrogen) atoms. The van der Waals surface area contributed by atoms with Gasteiger partial charge in [0.25, 0.3) is 0 Å². The second-order valence-corrected chi connectivity index (χ2v) is 3.86. The van der Waals surface area contributed by atoms with Gasteiger partial charge < -0.3 is 13.9 Å². The fourth-order valence-corrected chi connectivity index (χ4v) is 1.63. The topological polar surface area (TPSA) is 69.0 Å². The van der Waals surface area contributed by atoms with E-state index < -0.39 is 5.97 Å². The van der Waals surface area contributed by atoms with Crippen LogP contribution in [0.1, 0.15) is 30.0 Å². The molecule has 0 aliphatic rings. The van der Waals surface area contributed by atoms with E-state index in [0.717, 1.165) is 0 Å². The van der Waals surface area contributed by atoms with Crippen molar-refractivity contribution >= 4 is 11.9 Å². The zero-order valence-corrected chi connectivity index (χ0v) is 11.5. The van der Waals surface area contributed by atoms with Crippen molar-refractivity contribution in [2.45, 2.75) is 20.4 Å². The molecular weight excluding hydrogens is 250 g/mol. The third-order valence-electron chi connectivity index (χ3n) is 2.62. The first-order chi connectivity index (χ1) is 9.12. The van der Waals surface area contributed by atoms with E-state index in [1.807, 2.05) is 11.8 Å². The number of furan rings is 1. The third kappa shape index (κ3) is 4.40. The summed E-state index contributed by atoms with van der Waals surface area (Å²) in [6.07, 6.45) is 1.43. The van der Waals surface area contributed by atoms with Gasteiger partial charge in [0.05, 0.1) is 33.1 Å². The maximum atomic E-state index is 11.5. The van der Waals surface area contributed by atoms with Gasteiger partial charge >= 0.3 is 11.9 Å². The minimum Gasteiger partial charge on any atom is -0.467 e. The molecule has 0 aliphatic heterocycles. The monoisotopic (exact) mass is 269 g/mol. The van der Waals surface area contributed by atoms with E-state index >= 15 is 0 Å². The van der Waals surface area contributed by atoms with Crippen LogP contribution in [0.4, 0.5) is 0 Å². The molecule has 6 nitrogen and oxygen atoms in total. The van der Waals surface area contributed by atoms with Crippen LogP contribution in [0.3, 0.4) is 0 Å². The summed E-state index contributed by atoms with van der Waals surface area (Å²) in [6, 6.07) is 1.55. The molecule has 106 valence electrons. The first-order valence-corrected chi connectivity index (χ1v) is 6.15. The molecule has 1 aromatic heterocycles. The van der Waals surface area contributed by atoms with Gasteiger partial charge in [-0.3, -0.25) is 9.69 Å². The summed E-state index contributed by atoms with van der Waals surface area (Å²) < 4.78 is 14.8. The van der Waals surface area contributed by atoms with Gasteiger partial charge in [0.1, 0.15) is 11.3 Å². The highest BCUT2D eigenvalue weighted by Gasteiger charge is 2.18. The summed E-state index contributed by atoms with van der Waals surface area (Å²) in [7, 11) is 1.31. The number of carbonyl (C=O) groups is 2. The van der Waals surface area contributed by atoms with Crippen molar-refractivity contribution in [2.75, 3.05) is 26.8 Å².